The third-order valence-corrected chi connectivity index (χ3v) is 17.9. The lowest BCUT2D eigenvalue weighted by Crippen LogP contribution is -2.73. The van der Waals surface area contributed by atoms with Crippen LogP contribution < -0.4 is 20.7 Å². The summed E-state index contributed by atoms with van der Waals surface area (Å²) in [5.41, 5.74) is 14.2. The molecule has 3 heterocycles. The third-order valence-electron chi connectivity index (χ3n) is 13.1. The lowest BCUT2D eigenvalue weighted by Gasteiger charge is -2.32. The molecule has 0 atom stereocenters. The molecule has 278 valence electrons. The Hall–Kier alpha value is -7.14. The van der Waals surface area contributed by atoms with Gasteiger partial charge in [-0.15, -0.1) is 0 Å². The molecule has 0 saturated heterocycles. The Kier molecular flexibility index (Phi) is 7.29. The highest BCUT2D eigenvalue weighted by Crippen LogP contribution is 2.53. The molecular weight excluding hydrogens is 731 g/mol. The van der Waals surface area contributed by atoms with Gasteiger partial charge in [0, 0.05) is 43.8 Å². The van der Waals surface area contributed by atoms with Crippen molar-refractivity contribution in [3.63, 3.8) is 0 Å². The molecule has 0 fully saturated rings. The Balaban J connectivity index is 1.07. The van der Waals surface area contributed by atoms with E-state index < -0.39 is 8.07 Å². The van der Waals surface area contributed by atoms with Crippen LogP contribution in [-0.4, -0.2) is 22.6 Å². The lowest BCUT2D eigenvalue weighted by atomic mass is 9.80. The van der Waals surface area contributed by atoms with Gasteiger partial charge in [0.05, 0.1) is 22.4 Å². The monoisotopic (exact) mass is 769 g/mol. The number of aromatic nitrogens is 3. The number of fused-ring (bicyclic) bond motifs is 10. The molecule has 10 aromatic rings. The minimum Gasteiger partial charge on any atom is -0.309 e. The maximum Gasteiger partial charge on any atom is 0.185 e. The fraction of sp³-hybridized carbons (Fsp3) is 0.0545. The molecule has 2 aliphatic rings. The molecule has 0 N–H and O–H groups in total. The van der Waals surface area contributed by atoms with E-state index in [9.17, 15) is 0 Å². The Labute approximate surface area is 345 Å². The molecule has 1 aliphatic heterocycles. The molecule has 2 aromatic heterocycles. The van der Waals surface area contributed by atoms with E-state index in [1.54, 1.807) is 0 Å². The quantitative estimate of drug-likeness (QED) is 0.163. The molecule has 0 unspecified atom stereocenters. The molecule has 8 aromatic carbocycles. The van der Waals surface area contributed by atoms with Crippen molar-refractivity contribution >= 4 is 50.6 Å². The Morgan fingerprint density at radius 2 is 1.05 bits per heavy atom. The molecule has 59 heavy (non-hydrogen) atoms. The third kappa shape index (κ3) is 4.69. The maximum atomic E-state index is 5.60. The molecule has 0 amide bonds. The number of benzene rings is 8. The molecule has 0 radical (unpaired) electrons. The normalized spacial score (nSPS) is 14.2. The molecule has 3 nitrogen and oxygen atoms in total. The zero-order valence-electron chi connectivity index (χ0n) is 32.9. The first-order valence-electron chi connectivity index (χ1n) is 20.5. The number of nitrogens with zero attached hydrogens (tertiary/aromatic N) is 3. The van der Waals surface area contributed by atoms with Crippen molar-refractivity contribution in [1.29, 1.82) is 0 Å². The summed E-state index contributed by atoms with van der Waals surface area (Å²) < 4.78 is 2.43. The van der Waals surface area contributed by atoms with Crippen molar-refractivity contribution in [2.24, 2.45) is 0 Å². The molecule has 4 heteroatoms. The van der Waals surface area contributed by atoms with Crippen molar-refractivity contribution in [2.75, 3.05) is 0 Å². The van der Waals surface area contributed by atoms with Crippen LogP contribution in [0.25, 0.3) is 72.5 Å². The van der Waals surface area contributed by atoms with Crippen LogP contribution in [0.5, 0.6) is 0 Å². The van der Waals surface area contributed by atoms with Gasteiger partial charge in [-0.2, -0.15) is 0 Å². The first-order chi connectivity index (χ1) is 29.0. The van der Waals surface area contributed by atoms with Crippen molar-refractivity contribution < 1.29 is 0 Å². The second-order valence-corrected chi connectivity index (χ2v) is 20.2. The molecule has 0 bridgehead atoms. The van der Waals surface area contributed by atoms with Crippen LogP contribution in [0.4, 0.5) is 0 Å². The first kappa shape index (κ1) is 33.9. The van der Waals surface area contributed by atoms with Crippen LogP contribution in [-0.2, 0) is 5.41 Å². The molecule has 12 rings (SSSR count). The van der Waals surface area contributed by atoms with Gasteiger partial charge in [-0.25, -0.2) is 9.97 Å². The standard InChI is InChI=1S/C55H39N3Si/c1-55(2)45-27-15-12-24-41(45)42-34-35-47-49(50(42)55)43-25-13-16-28-46(43)58(47)38-32-30-37(31-33-38)54-56-51(36-18-6-3-7-19-36)53-52(57-54)44-26-14-17-29-48(44)59(53,39-20-8-4-9-21-39)40-22-10-5-11-23-40/h3-35H,1-2H3. The van der Waals surface area contributed by atoms with Crippen molar-refractivity contribution in [2.45, 2.75) is 19.3 Å². The van der Waals surface area contributed by atoms with Crippen LogP contribution in [0, 0.1) is 0 Å². The predicted octanol–water partition coefficient (Wildman–Crippen LogP) is 10.6. The zero-order chi connectivity index (χ0) is 39.3. The predicted molar refractivity (Wildman–Crippen MR) is 247 cm³/mol. The van der Waals surface area contributed by atoms with Crippen molar-refractivity contribution in [3.05, 3.63) is 211 Å². The minimum atomic E-state index is -2.84. The summed E-state index contributed by atoms with van der Waals surface area (Å²) in [6, 6.07) is 73.2. The van der Waals surface area contributed by atoms with Gasteiger partial charge in [0.1, 0.15) is 0 Å². The van der Waals surface area contributed by atoms with Crippen LogP contribution in [0.2, 0.25) is 0 Å². The fourth-order valence-corrected chi connectivity index (χ4v) is 15.8. The van der Waals surface area contributed by atoms with Gasteiger partial charge in [-0.1, -0.05) is 178 Å². The number of hydrogen-bond acceptors (Lipinski definition) is 2. The maximum absolute atomic E-state index is 5.60. The van der Waals surface area contributed by atoms with Gasteiger partial charge in [0.15, 0.2) is 13.9 Å². The van der Waals surface area contributed by atoms with E-state index in [1.807, 2.05) is 0 Å². The Morgan fingerprint density at radius 3 is 1.78 bits per heavy atom. The second kappa shape index (κ2) is 12.7. The number of hydrogen-bond donors (Lipinski definition) is 0. The van der Waals surface area contributed by atoms with E-state index in [-0.39, 0.29) is 5.41 Å². The molecule has 1 aliphatic carbocycles. The summed E-state index contributed by atoms with van der Waals surface area (Å²) in [4.78, 5) is 11.2. The topological polar surface area (TPSA) is 30.7 Å². The summed E-state index contributed by atoms with van der Waals surface area (Å²) >= 11 is 0. The average Bonchev–Trinajstić information content (AvgIpc) is 3.88. The average molecular weight is 770 g/mol. The van der Waals surface area contributed by atoms with Gasteiger partial charge in [0.25, 0.3) is 0 Å². The summed E-state index contributed by atoms with van der Waals surface area (Å²) in [5.74, 6) is 0.731. The lowest BCUT2D eigenvalue weighted by molar-refractivity contribution is 0.666. The Morgan fingerprint density at radius 1 is 0.458 bits per heavy atom. The van der Waals surface area contributed by atoms with Gasteiger partial charge in [-0.05, 0) is 74.2 Å². The molecule has 0 saturated carbocycles. The molecular formula is C55H39N3Si. The van der Waals surface area contributed by atoms with E-state index >= 15 is 0 Å². The second-order valence-electron chi connectivity index (χ2n) is 16.5. The summed E-state index contributed by atoms with van der Waals surface area (Å²) in [5, 5.41) is 7.89. The Bertz CT molecular complexity index is 3240. The smallest absolute Gasteiger partial charge is 0.185 e. The van der Waals surface area contributed by atoms with E-state index in [0.29, 0.717) is 0 Å². The number of rotatable bonds is 5. The zero-order valence-corrected chi connectivity index (χ0v) is 33.9. The van der Waals surface area contributed by atoms with Crippen LogP contribution in [0.1, 0.15) is 25.0 Å². The minimum absolute atomic E-state index is 0.119. The highest BCUT2D eigenvalue weighted by Gasteiger charge is 2.51. The van der Waals surface area contributed by atoms with Gasteiger partial charge in [-0.3, -0.25) is 0 Å². The van der Waals surface area contributed by atoms with Gasteiger partial charge < -0.3 is 4.57 Å². The highest BCUT2D eigenvalue weighted by atomic mass is 28.3. The largest absolute Gasteiger partial charge is 0.309 e. The number of para-hydroxylation sites is 1. The molecule has 0 spiro atoms. The summed E-state index contributed by atoms with van der Waals surface area (Å²) in [7, 11) is -2.84. The fourth-order valence-electron chi connectivity index (χ4n) is 10.6. The van der Waals surface area contributed by atoms with Crippen molar-refractivity contribution in [3.8, 4) is 50.7 Å². The highest BCUT2D eigenvalue weighted by molar-refractivity contribution is 7.22. The van der Waals surface area contributed by atoms with E-state index in [2.05, 4.69) is 219 Å². The summed E-state index contributed by atoms with van der Waals surface area (Å²) in [6.07, 6.45) is 0. The van der Waals surface area contributed by atoms with Gasteiger partial charge in [0.2, 0.25) is 0 Å². The van der Waals surface area contributed by atoms with E-state index in [1.165, 1.54) is 70.4 Å². The van der Waals surface area contributed by atoms with Crippen molar-refractivity contribution in [1.82, 2.24) is 14.5 Å². The van der Waals surface area contributed by atoms with E-state index in [0.717, 1.165) is 34.0 Å². The van der Waals surface area contributed by atoms with E-state index in [4.69, 9.17) is 9.97 Å². The van der Waals surface area contributed by atoms with Crippen LogP contribution >= 0.6 is 0 Å². The summed E-state index contributed by atoms with van der Waals surface area (Å²) in [6.45, 7) is 4.76. The SMILES string of the molecule is CC1(C)c2ccccc2-c2ccc3c(c21)c1ccccc1n3-c1ccc(-c2nc(-c3ccccc3)c3c(n2)-c2ccccc2[Si]3(c2ccccc2)c2ccccc2)cc1. The van der Waals surface area contributed by atoms with Crippen LogP contribution in [0.3, 0.4) is 0 Å². The first-order valence-corrected chi connectivity index (χ1v) is 22.5. The van der Waals surface area contributed by atoms with Crippen LogP contribution in [0.15, 0.2) is 200 Å². The van der Waals surface area contributed by atoms with Gasteiger partial charge >= 0.3 is 0 Å².